The number of methoxy groups -OCH3 is 1. The smallest absolute Gasteiger partial charge is 0.322 e. The van der Waals surface area contributed by atoms with Gasteiger partial charge < -0.3 is 15.0 Å². The second kappa shape index (κ2) is 5.83. The van der Waals surface area contributed by atoms with Crippen molar-refractivity contribution in [2.75, 3.05) is 31.4 Å². The maximum Gasteiger partial charge on any atom is 0.322 e. The lowest BCUT2D eigenvalue weighted by Gasteiger charge is -2.24. The van der Waals surface area contributed by atoms with Crippen LogP contribution in [0.25, 0.3) is 0 Å². The molecular weight excluding hydrogens is 262 g/mol. The highest BCUT2D eigenvalue weighted by molar-refractivity contribution is 7.10. The van der Waals surface area contributed by atoms with Gasteiger partial charge in [0.1, 0.15) is 0 Å². The molecule has 2 aromatic heterocycles. The third-order valence-electron chi connectivity index (χ3n) is 2.86. The van der Waals surface area contributed by atoms with Gasteiger partial charge in [-0.25, -0.2) is 0 Å². The molecule has 6 nitrogen and oxygen atoms in total. The summed E-state index contributed by atoms with van der Waals surface area (Å²) in [6, 6.07) is 4.64. The van der Waals surface area contributed by atoms with Crippen LogP contribution in [0.4, 0.5) is 11.9 Å². The van der Waals surface area contributed by atoms with E-state index < -0.39 is 0 Å². The van der Waals surface area contributed by atoms with E-state index in [2.05, 4.69) is 38.6 Å². The van der Waals surface area contributed by atoms with E-state index in [0.717, 1.165) is 0 Å². The van der Waals surface area contributed by atoms with E-state index in [0.29, 0.717) is 17.9 Å². The number of nitrogens with zero attached hydrogens (tertiary/aromatic N) is 4. The number of thiophene rings is 1. The van der Waals surface area contributed by atoms with Crippen LogP contribution in [0.3, 0.4) is 0 Å². The summed E-state index contributed by atoms with van der Waals surface area (Å²) in [5.41, 5.74) is 0. The van der Waals surface area contributed by atoms with Crippen molar-refractivity contribution in [2.24, 2.45) is 0 Å². The SMILES string of the molecule is CNc1nc(OC)nc(N(C)C(C)c2cccs2)n1. The lowest BCUT2D eigenvalue weighted by molar-refractivity contribution is 0.378. The number of rotatable bonds is 5. The average molecular weight is 279 g/mol. The summed E-state index contributed by atoms with van der Waals surface area (Å²) in [5, 5.41) is 4.97. The first-order chi connectivity index (χ1) is 9.15. The van der Waals surface area contributed by atoms with Crippen molar-refractivity contribution < 1.29 is 4.74 Å². The van der Waals surface area contributed by atoms with Gasteiger partial charge >= 0.3 is 6.01 Å². The van der Waals surface area contributed by atoms with Gasteiger partial charge in [-0.1, -0.05) is 6.07 Å². The molecule has 2 heterocycles. The normalized spacial score (nSPS) is 12.0. The maximum atomic E-state index is 5.09. The predicted octanol–water partition coefficient (Wildman–Crippen LogP) is 2.18. The van der Waals surface area contributed by atoms with Gasteiger partial charge in [0.25, 0.3) is 0 Å². The Hall–Kier alpha value is -1.89. The van der Waals surface area contributed by atoms with Gasteiger partial charge in [-0.3, -0.25) is 0 Å². The van der Waals surface area contributed by atoms with Crippen LogP contribution < -0.4 is 15.0 Å². The molecule has 0 fully saturated rings. The highest BCUT2D eigenvalue weighted by Crippen LogP contribution is 2.27. The summed E-state index contributed by atoms with van der Waals surface area (Å²) in [5.74, 6) is 1.07. The second-order valence-electron chi connectivity index (χ2n) is 4.00. The van der Waals surface area contributed by atoms with Gasteiger partial charge in [-0.15, -0.1) is 11.3 Å². The monoisotopic (exact) mass is 279 g/mol. The second-order valence-corrected chi connectivity index (χ2v) is 4.98. The van der Waals surface area contributed by atoms with Crippen LogP contribution in [0.1, 0.15) is 17.8 Å². The van der Waals surface area contributed by atoms with Crippen LogP contribution in [-0.4, -0.2) is 36.2 Å². The Kier molecular flexibility index (Phi) is 4.16. The molecule has 2 rings (SSSR count). The van der Waals surface area contributed by atoms with Gasteiger partial charge in [0.2, 0.25) is 11.9 Å². The molecule has 0 aliphatic rings. The van der Waals surface area contributed by atoms with E-state index in [-0.39, 0.29) is 6.04 Å². The van der Waals surface area contributed by atoms with Crippen molar-refractivity contribution in [2.45, 2.75) is 13.0 Å². The summed E-state index contributed by atoms with van der Waals surface area (Å²) in [6.07, 6.45) is 0. The van der Waals surface area contributed by atoms with E-state index in [4.69, 9.17) is 4.74 Å². The number of hydrogen-bond donors (Lipinski definition) is 1. The molecule has 0 amide bonds. The van der Waals surface area contributed by atoms with Gasteiger partial charge in [0.05, 0.1) is 13.2 Å². The number of anilines is 2. The van der Waals surface area contributed by atoms with Crippen LogP contribution in [0.5, 0.6) is 6.01 Å². The van der Waals surface area contributed by atoms with Crippen molar-refractivity contribution in [3.63, 3.8) is 0 Å². The van der Waals surface area contributed by atoms with Crippen LogP contribution in [0, 0.1) is 0 Å². The zero-order valence-corrected chi connectivity index (χ0v) is 12.2. The predicted molar refractivity (Wildman–Crippen MR) is 77.1 cm³/mol. The standard InChI is InChI=1S/C12H17N5OS/c1-8(9-6-5-7-19-9)17(3)11-14-10(13-2)15-12(16-11)18-4/h5-8H,1-4H3,(H,13,14,15,16). The highest BCUT2D eigenvalue weighted by atomic mass is 32.1. The molecule has 0 aliphatic heterocycles. The van der Waals surface area contributed by atoms with E-state index >= 15 is 0 Å². The Labute approximate surface area is 116 Å². The Bertz CT molecular complexity index is 509. The van der Waals surface area contributed by atoms with Crippen molar-refractivity contribution in [3.05, 3.63) is 22.4 Å². The molecule has 0 spiro atoms. The van der Waals surface area contributed by atoms with Crippen molar-refractivity contribution in [1.29, 1.82) is 0 Å². The van der Waals surface area contributed by atoms with Crippen molar-refractivity contribution in [3.8, 4) is 6.01 Å². The fourth-order valence-corrected chi connectivity index (χ4v) is 2.43. The fraction of sp³-hybridized carbons (Fsp3) is 0.417. The first-order valence-electron chi connectivity index (χ1n) is 5.89. The van der Waals surface area contributed by atoms with E-state index in [1.807, 2.05) is 18.0 Å². The quantitative estimate of drug-likeness (QED) is 0.905. The third-order valence-corrected chi connectivity index (χ3v) is 3.90. The first-order valence-corrected chi connectivity index (χ1v) is 6.77. The minimum absolute atomic E-state index is 0.191. The number of ether oxygens (including phenoxy) is 1. The lowest BCUT2D eigenvalue weighted by Crippen LogP contribution is -2.24. The lowest BCUT2D eigenvalue weighted by atomic mass is 10.2. The number of aromatic nitrogens is 3. The zero-order chi connectivity index (χ0) is 13.8. The molecule has 0 aliphatic carbocycles. The van der Waals surface area contributed by atoms with E-state index in [1.165, 1.54) is 4.88 Å². The molecule has 0 saturated heterocycles. The summed E-state index contributed by atoms with van der Waals surface area (Å²) in [7, 11) is 5.26. The molecule has 0 radical (unpaired) electrons. The molecule has 0 bridgehead atoms. The Balaban J connectivity index is 2.29. The molecule has 2 aromatic rings. The van der Waals surface area contributed by atoms with Gasteiger partial charge in [-0.05, 0) is 18.4 Å². The van der Waals surface area contributed by atoms with Crippen LogP contribution in [-0.2, 0) is 0 Å². The minimum Gasteiger partial charge on any atom is -0.467 e. The van der Waals surface area contributed by atoms with Crippen molar-refractivity contribution >= 4 is 23.2 Å². The molecule has 19 heavy (non-hydrogen) atoms. The fourth-order valence-electron chi connectivity index (χ4n) is 1.60. The minimum atomic E-state index is 0.191. The number of nitrogens with one attached hydrogen (secondary N) is 1. The number of hydrogen-bond acceptors (Lipinski definition) is 7. The Morgan fingerprint density at radius 1 is 1.37 bits per heavy atom. The largest absolute Gasteiger partial charge is 0.467 e. The van der Waals surface area contributed by atoms with Gasteiger partial charge in [0.15, 0.2) is 0 Å². The third kappa shape index (κ3) is 2.93. The molecule has 1 atom stereocenters. The van der Waals surface area contributed by atoms with Gasteiger partial charge in [0, 0.05) is 19.0 Å². The van der Waals surface area contributed by atoms with Crippen LogP contribution in [0.15, 0.2) is 17.5 Å². The molecular formula is C12H17N5OS. The summed E-state index contributed by atoms with van der Waals surface area (Å²) >= 11 is 1.71. The molecule has 7 heteroatoms. The summed E-state index contributed by atoms with van der Waals surface area (Å²) < 4.78 is 5.09. The van der Waals surface area contributed by atoms with E-state index in [1.54, 1.807) is 25.5 Å². The van der Waals surface area contributed by atoms with Gasteiger partial charge in [-0.2, -0.15) is 15.0 Å². The molecule has 0 aromatic carbocycles. The Morgan fingerprint density at radius 3 is 2.74 bits per heavy atom. The topological polar surface area (TPSA) is 63.2 Å². The zero-order valence-electron chi connectivity index (χ0n) is 11.4. The summed E-state index contributed by atoms with van der Waals surface area (Å²) in [6.45, 7) is 2.11. The van der Waals surface area contributed by atoms with Crippen LogP contribution in [0.2, 0.25) is 0 Å². The first kappa shape index (κ1) is 13.5. The highest BCUT2D eigenvalue weighted by Gasteiger charge is 2.17. The molecule has 1 N–H and O–H groups in total. The maximum absolute atomic E-state index is 5.09. The average Bonchev–Trinajstić information content (AvgIpc) is 2.99. The van der Waals surface area contributed by atoms with Crippen molar-refractivity contribution in [1.82, 2.24) is 15.0 Å². The van der Waals surface area contributed by atoms with E-state index in [9.17, 15) is 0 Å². The molecule has 0 saturated carbocycles. The molecule has 102 valence electrons. The summed E-state index contributed by atoms with van der Waals surface area (Å²) in [4.78, 5) is 16.0. The molecule has 1 unspecified atom stereocenters. The Morgan fingerprint density at radius 2 is 2.16 bits per heavy atom. The van der Waals surface area contributed by atoms with Crippen LogP contribution >= 0.6 is 11.3 Å².